The summed E-state index contributed by atoms with van der Waals surface area (Å²) in [5.74, 6) is 1.11. The molecule has 3 N–H and O–H groups in total. The van der Waals surface area contributed by atoms with Crippen LogP contribution in [0.15, 0.2) is 28.8 Å². The highest BCUT2D eigenvalue weighted by Crippen LogP contribution is 2.40. The van der Waals surface area contributed by atoms with E-state index in [9.17, 15) is 9.90 Å². The van der Waals surface area contributed by atoms with E-state index in [4.69, 9.17) is 15.0 Å². The van der Waals surface area contributed by atoms with Gasteiger partial charge in [0.1, 0.15) is 5.75 Å². The van der Waals surface area contributed by atoms with Gasteiger partial charge in [0.15, 0.2) is 17.1 Å². The highest BCUT2D eigenvalue weighted by Gasteiger charge is 2.42. The summed E-state index contributed by atoms with van der Waals surface area (Å²) in [6.45, 7) is 1.46. The first-order chi connectivity index (χ1) is 12.1. The molecule has 2 heterocycles. The second kappa shape index (κ2) is 6.07. The minimum atomic E-state index is -1.04. The molecule has 2 bridgehead atoms. The molecular weight excluding hydrogens is 322 g/mol. The Balaban J connectivity index is 1.70. The number of rotatable bonds is 4. The van der Waals surface area contributed by atoms with E-state index in [0.29, 0.717) is 29.0 Å². The number of ether oxygens (including phenoxy) is 1. The third-order valence-electron chi connectivity index (χ3n) is 5.45. The van der Waals surface area contributed by atoms with Crippen LogP contribution < -0.4 is 15.4 Å². The highest BCUT2D eigenvalue weighted by atomic mass is 16.5. The minimum Gasteiger partial charge on any atom is -0.497 e. The van der Waals surface area contributed by atoms with Gasteiger partial charge in [0.05, 0.1) is 7.11 Å². The van der Waals surface area contributed by atoms with Crippen LogP contribution in [0.4, 0.5) is 5.82 Å². The SMILES string of the molecule is COc1ccc(-c2onc(N3C[C@H]4CC[C@@H](C3)C4N)c2C(=O)O)cc1. The van der Waals surface area contributed by atoms with Crippen molar-refractivity contribution in [3.8, 4) is 17.1 Å². The number of carboxylic acids is 1. The minimum absolute atomic E-state index is 0.111. The maximum absolute atomic E-state index is 11.9. The average Bonchev–Trinajstić information content (AvgIpc) is 3.12. The lowest BCUT2D eigenvalue weighted by Gasteiger charge is -2.36. The monoisotopic (exact) mass is 343 g/mol. The first kappa shape index (κ1) is 16.0. The lowest BCUT2D eigenvalue weighted by Crippen LogP contribution is -2.49. The number of nitrogens with two attached hydrogens (primary N) is 1. The molecular formula is C18H21N3O4. The summed E-state index contributed by atoms with van der Waals surface area (Å²) in [4.78, 5) is 13.9. The summed E-state index contributed by atoms with van der Waals surface area (Å²) in [7, 11) is 1.58. The van der Waals surface area contributed by atoms with Crippen LogP contribution >= 0.6 is 0 Å². The lowest BCUT2D eigenvalue weighted by atomic mass is 9.93. The van der Waals surface area contributed by atoms with Crippen molar-refractivity contribution < 1.29 is 19.2 Å². The van der Waals surface area contributed by atoms with E-state index in [1.807, 2.05) is 4.90 Å². The number of aromatic nitrogens is 1. The molecule has 2 aromatic rings. The van der Waals surface area contributed by atoms with Crippen LogP contribution in [0.3, 0.4) is 0 Å². The van der Waals surface area contributed by atoms with E-state index in [1.54, 1.807) is 31.4 Å². The van der Waals surface area contributed by atoms with Crippen molar-refractivity contribution in [2.24, 2.45) is 17.6 Å². The smallest absolute Gasteiger partial charge is 0.343 e. The van der Waals surface area contributed by atoms with E-state index in [0.717, 1.165) is 25.9 Å². The summed E-state index contributed by atoms with van der Waals surface area (Å²) < 4.78 is 10.6. The Morgan fingerprint density at radius 2 is 1.92 bits per heavy atom. The van der Waals surface area contributed by atoms with Crippen LogP contribution in [-0.2, 0) is 0 Å². The zero-order valence-electron chi connectivity index (χ0n) is 14.0. The summed E-state index contributed by atoms with van der Waals surface area (Å²) in [5, 5.41) is 13.9. The average molecular weight is 343 g/mol. The van der Waals surface area contributed by atoms with E-state index in [-0.39, 0.29) is 17.4 Å². The van der Waals surface area contributed by atoms with Gasteiger partial charge in [-0.15, -0.1) is 0 Å². The van der Waals surface area contributed by atoms with E-state index in [2.05, 4.69) is 5.16 Å². The Bertz CT molecular complexity index is 772. The molecule has 1 aromatic heterocycles. The first-order valence-corrected chi connectivity index (χ1v) is 8.46. The third kappa shape index (κ3) is 2.64. The molecule has 0 radical (unpaired) electrons. The van der Waals surface area contributed by atoms with Crippen molar-refractivity contribution in [3.63, 3.8) is 0 Å². The molecule has 1 aliphatic carbocycles. The number of nitrogens with zero attached hydrogens (tertiary/aromatic N) is 2. The molecule has 4 rings (SSSR count). The molecule has 1 unspecified atom stereocenters. The second-order valence-electron chi connectivity index (χ2n) is 6.82. The highest BCUT2D eigenvalue weighted by molar-refractivity contribution is 5.99. The van der Waals surface area contributed by atoms with Gasteiger partial charge >= 0.3 is 5.97 Å². The summed E-state index contributed by atoms with van der Waals surface area (Å²) in [5.41, 5.74) is 7.02. The quantitative estimate of drug-likeness (QED) is 0.877. The van der Waals surface area contributed by atoms with Crippen molar-refractivity contribution in [2.45, 2.75) is 18.9 Å². The van der Waals surface area contributed by atoms with Gasteiger partial charge in [-0.3, -0.25) is 0 Å². The number of carboxylic acid groups (broad SMARTS) is 1. The van der Waals surface area contributed by atoms with Crippen LogP contribution in [0.25, 0.3) is 11.3 Å². The molecule has 1 saturated heterocycles. The Kier molecular flexibility index (Phi) is 3.88. The molecule has 1 aliphatic heterocycles. The lowest BCUT2D eigenvalue weighted by molar-refractivity contribution is 0.0697. The van der Waals surface area contributed by atoms with Crippen molar-refractivity contribution in [1.82, 2.24) is 5.16 Å². The van der Waals surface area contributed by atoms with Gasteiger partial charge in [-0.1, -0.05) is 5.16 Å². The van der Waals surface area contributed by atoms with Gasteiger partial charge in [0, 0.05) is 24.7 Å². The van der Waals surface area contributed by atoms with Gasteiger partial charge < -0.3 is 25.0 Å². The number of fused-ring (bicyclic) bond motifs is 2. The van der Waals surface area contributed by atoms with Crippen LogP contribution in [-0.4, -0.2) is 42.5 Å². The number of benzene rings is 1. The molecule has 3 atom stereocenters. The van der Waals surface area contributed by atoms with Crippen molar-refractivity contribution in [2.75, 3.05) is 25.1 Å². The number of anilines is 1. The molecule has 2 fully saturated rings. The van der Waals surface area contributed by atoms with E-state index >= 15 is 0 Å². The molecule has 0 amide bonds. The predicted molar refractivity (Wildman–Crippen MR) is 91.9 cm³/mol. The van der Waals surface area contributed by atoms with E-state index < -0.39 is 5.97 Å². The van der Waals surface area contributed by atoms with Gasteiger partial charge in [0.25, 0.3) is 0 Å². The zero-order valence-corrected chi connectivity index (χ0v) is 14.0. The fourth-order valence-corrected chi connectivity index (χ4v) is 4.07. The van der Waals surface area contributed by atoms with Gasteiger partial charge in [-0.25, -0.2) is 4.79 Å². The fourth-order valence-electron chi connectivity index (χ4n) is 4.07. The maximum Gasteiger partial charge on any atom is 0.343 e. The van der Waals surface area contributed by atoms with Crippen molar-refractivity contribution in [1.29, 1.82) is 0 Å². The fraction of sp³-hybridized carbons (Fsp3) is 0.444. The van der Waals surface area contributed by atoms with Crippen LogP contribution in [0.5, 0.6) is 5.75 Å². The number of aromatic carboxylic acids is 1. The standard InChI is InChI=1S/C18H21N3O4/c1-24-13-6-4-10(5-7-13)16-14(18(22)23)17(20-25-16)21-8-11-2-3-12(9-21)15(11)19/h4-7,11-12,15H,2-3,8-9,19H2,1H3,(H,22,23)/t11-,12+,15?. The molecule has 2 aliphatic rings. The van der Waals surface area contributed by atoms with Gasteiger partial charge in [-0.05, 0) is 48.9 Å². The molecule has 7 nitrogen and oxygen atoms in total. The first-order valence-electron chi connectivity index (χ1n) is 8.46. The van der Waals surface area contributed by atoms with Crippen LogP contribution in [0.1, 0.15) is 23.2 Å². The number of carbonyl (C=O) groups is 1. The predicted octanol–water partition coefficient (Wildman–Crippen LogP) is 2.22. The van der Waals surface area contributed by atoms with Crippen LogP contribution in [0.2, 0.25) is 0 Å². The number of methoxy groups -OCH3 is 1. The molecule has 1 saturated carbocycles. The van der Waals surface area contributed by atoms with E-state index in [1.165, 1.54) is 0 Å². The molecule has 7 heteroatoms. The summed E-state index contributed by atoms with van der Waals surface area (Å²) in [6.07, 6.45) is 2.18. The van der Waals surface area contributed by atoms with Crippen LogP contribution in [0, 0.1) is 11.8 Å². The Morgan fingerprint density at radius 1 is 1.28 bits per heavy atom. The normalized spacial score (nSPS) is 25.2. The largest absolute Gasteiger partial charge is 0.497 e. The van der Waals surface area contributed by atoms with Gasteiger partial charge in [-0.2, -0.15) is 0 Å². The molecule has 1 aromatic carbocycles. The number of hydrogen-bond acceptors (Lipinski definition) is 6. The topological polar surface area (TPSA) is 102 Å². The molecule has 132 valence electrons. The Hall–Kier alpha value is -2.54. The summed E-state index contributed by atoms with van der Waals surface area (Å²) in [6, 6.07) is 7.28. The third-order valence-corrected chi connectivity index (χ3v) is 5.45. The maximum atomic E-state index is 11.9. The number of piperidine rings is 1. The van der Waals surface area contributed by atoms with Gasteiger partial charge in [0.2, 0.25) is 0 Å². The number of hydrogen-bond donors (Lipinski definition) is 2. The molecule has 0 spiro atoms. The second-order valence-corrected chi connectivity index (χ2v) is 6.82. The Morgan fingerprint density at radius 3 is 2.48 bits per heavy atom. The summed E-state index contributed by atoms with van der Waals surface area (Å²) >= 11 is 0. The Labute approximate surface area is 145 Å². The van der Waals surface area contributed by atoms with Crippen molar-refractivity contribution in [3.05, 3.63) is 29.8 Å². The zero-order chi connectivity index (χ0) is 17.6. The van der Waals surface area contributed by atoms with Crippen molar-refractivity contribution >= 4 is 11.8 Å². The molecule has 25 heavy (non-hydrogen) atoms.